The summed E-state index contributed by atoms with van der Waals surface area (Å²) in [5, 5.41) is 9.89. The van der Waals surface area contributed by atoms with Crippen LogP contribution in [-0.2, 0) is 6.18 Å². The van der Waals surface area contributed by atoms with Crippen molar-refractivity contribution in [1.82, 2.24) is 15.2 Å². The summed E-state index contributed by atoms with van der Waals surface area (Å²) in [6.45, 7) is 1.28. The summed E-state index contributed by atoms with van der Waals surface area (Å²) in [5.74, 6) is 0.643. The number of aromatic amines is 1. The van der Waals surface area contributed by atoms with Gasteiger partial charge < -0.3 is 14.6 Å². The lowest BCUT2D eigenvalue weighted by Gasteiger charge is -2.33. The Morgan fingerprint density at radius 3 is 2.41 bits per heavy atom. The van der Waals surface area contributed by atoms with Crippen LogP contribution >= 0.6 is 0 Å². The summed E-state index contributed by atoms with van der Waals surface area (Å²) in [6, 6.07) is 17.3. The van der Waals surface area contributed by atoms with E-state index in [1.807, 2.05) is 42.6 Å². The third kappa shape index (κ3) is 4.00. The predicted octanol–water partition coefficient (Wildman–Crippen LogP) is 5.69. The molecule has 2 aromatic heterocycles. The first-order valence-corrected chi connectivity index (χ1v) is 10.5. The molecule has 1 aliphatic heterocycles. The zero-order valence-corrected chi connectivity index (χ0v) is 17.1. The molecule has 5 nitrogen and oxygen atoms in total. The average molecular weight is 438 g/mol. The summed E-state index contributed by atoms with van der Waals surface area (Å²) < 4.78 is 45.3. The molecular formula is C24H21F3N4O. The van der Waals surface area contributed by atoms with Gasteiger partial charge in [0.2, 0.25) is 0 Å². The van der Waals surface area contributed by atoms with Gasteiger partial charge in [0.15, 0.2) is 5.82 Å². The Balaban J connectivity index is 1.24. The minimum absolute atomic E-state index is 0.110. The number of nitrogens with zero attached hydrogens (tertiary/aromatic N) is 3. The van der Waals surface area contributed by atoms with Crippen molar-refractivity contribution in [3.05, 3.63) is 72.4 Å². The highest BCUT2D eigenvalue weighted by atomic mass is 19.4. The number of alkyl halides is 3. The predicted molar refractivity (Wildman–Crippen MR) is 117 cm³/mol. The van der Waals surface area contributed by atoms with Gasteiger partial charge in [0.1, 0.15) is 11.9 Å². The van der Waals surface area contributed by atoms with Gasteiger partial charge >= 0.3 is 6.18 Å². The van der Waals surface area contributed by atoms with Crippen LogP contribution in [0, 0.1) is 0 Å². The van der Waals surface area contributed by atoms with Gasteiger partial charge in [-0.1, -0.05) is 30.3 Å². The van der Waals surface area contributed by atoms with Gasteiger partial charge in [-0.05, 0) is 30.3 Å². The number of ether oxygens (including phenoxy) is 1. The number of benzene rings is 2. The maximum Gasteiger partial charge on any atom is 0.419 e. The van der Waals surface area contributed by atoms with Gasteiger partial charge in [0, 0.05) is 48.6 Å². The molecule has 8 heteroatoms. The largest absolute Gasteiger partial charge is 0.490 e. The van der Waals surface area contributed by atoms with Crippen LogP contribution in [0.4, 0.5) is 19.0 Å². The van der Waals surface area contributed by atoms with E-state index in [0.717, 1.165) is 34.0 Å². The molecule has 4 aromatic rings. The van der Waals surface area contributed by atoms with Crippen LogP contribution in [0.25, 0.3) is 22.2 Å². The molecule has 0 spiro atoms. The Labute approximate surface area is 182 Å². The van der Waals surface area contributed by atoms with E-state index in [1.165, 1.54) is 12.1 Å². The Hall–Kier alpha value is -3.55. The highest BCUT2D eigenvalue weighted by Crippen LogP contribution is 2.37. The molecule has 3 heterocycles. The van der Waals surface area contributed by atoms with Crippen LogP contribution in [0.3, 0.4) is 0 Å². The molecule has 0 saturated carbocycles. The van der Waals surface area contributed by atoms with Crippen LogP contribution in [0.1, 0.15) is 18.4 Å². The zero-order chi connectivity index (χ0) is 22.1. The molecule has 0 aliphatic carbocycles. The molecule has 1 fully saturated rings. The standard InChI is InChI=1S/C24H21F3N4O/c25-24(26,27)19-6-2-4-8-22(19)32-16-11-13-31(14-12-16)23-10-9-21(29-30-23)18-15-28-20-7-3-1-5-17(18)20/h1-10,15-16,28H,11-14H2. The molecule has 2 aromatic carbocycles. The second kappa shape index (κ2) is 8.18. The molecule has 1 aliphatic rings. The average Bonchev–Trinajstić information content (AvgIpc) is 3.24. The number of rotatable bonds is 4. The number of para-hydroxylation sites is 2. The van der Waals surface area contributed by atoms with E-state index in [2.05, 4.69) is 20.1 Å². The second-order valence-corrected chi connectivity index (χ2v) is 7.82. The third-order valence-corrected chi connectivity index (χ3v) is 5.77. The number of H-pyrrole nitrogens is 1. The minimum atomic E-state index is -4.43. The molecule has 5 rings (SSSR count). The quantitative estimate of drug-likeness (QED) is 0.445. The topological polar surface area (TPSA) is 54.0 Å². The smallest absolute Gasteiger partial charge is 0.419 e. The fourth-order valence-corrected chi connectivity index (χ4v) is 4.11. The van der Waals surface area contributed by atoms with Gasteiger partial charge in [-0.3, -0.25) is 0 Å². The van der Waals surface area contributed by atoms with Crippen molar-refractivity contribution in [3.8, 4) is 17.0 Å². The van der Waals surface area contributed by atoms with Crippen LogP contribution in [0.5, 0.6) is 5.75 Å². The molecule has 0 atom stereocenters. The summed E-state index contributed by atoms with van der Waals surface area (Å²) >= 11 is 0. The summed E-state index contributed by atoms with van der Waals surface area (Å²) in [4.78, 5) is 5.32. The molecule has 0 bridgehead atoms. The summed E-state index contributed by atoms with van der Waals surface area (Å²) in [6.07, 6.45) is -1.56. The number of nitrogens with one attached hydrogen (secondary N) is 1. The first-order chi connectivity index (χ1) is 15.5. The van der Waals surface area contributed by atoms with Crippen LogP contribution in [0.2, 0.25) is 0 Å². The van der Waals surface area contributed by atoms with Crippen LogP contribution < -0.4 is 9.64 Å². The van der Waals surface area contributed by atoms with Crippen molar-refractivity contribution in [2.75, 3.05) is 18.0 Å². The van der Waals surface area contributed by atoms with Crippen LogP contribution in [-0.4, -0.2) is 34.4 Å². The molecule has 1 N–H and O–H groups in total. The lowest BCUT2D eigenvalue weighted by molar-refractivity contribution is -0.139. The van der Waals surface area contributed by atoms with E-state index in [1.54, 1.807) is 6.07 Å². The van der Waals surface area contributed by atoms with Gasteiger partial charge in [0.25, 0.3) is 0 Å². The first kappa shape index (κ1) is 20.4. The van der Waals surface area contributed by atoms with Crippen molar-refractivity contribution >= 4 is 16.7 Å². The van der Waals surface area contributed by atoms with Crippen molar-refractivity contribution in [3.63, 3.8) is 0 Å². The fraction of sp³-hybridized carbons (Fsp3) is 0.250. The van der Waals surface area contributed by atoms with Crippen molar-refractivity contribution in [1.29, 1.82) is 0 Å². The Morgan fingerprint density at radius 2 is 1.66 bits per heavy atom. The van der Waals surface area contributed by atoms with Crippen LogP contribution in [0.15, 0.2) is 66.9 Å². The van der Waals surface area contributed by atoms with Gasteiger partial charge in [-0.2, -0.15) is 13.2 Å². The molecule has 0 amide bonds. The Morgan fingerprint density at radius 1 is 0.906 bits per heavy atom. The third-order valence-electron chi connectivity index (χ3n) is 5.77. The Kier molecular flexibility index (Phi) is 5.20. The van der Waals surface area contributed by atoms with Gasteiger partial charge in [0.05, 0.1) is 11.3 Å². The summed E-state index contributed by atoms with van der Waals surface area (Å²) in [7, 11) is 0. The zero-order valence-electron chi connectivity index (χ0n) is 17.1. The number of piperidine rings is 1. The van der Waals surface area contributed by atoms with Crippen molar-refractivity contribution < 1.29 is 17.9 Å². The maximum absolute atomic E-state index is 13.2. The number of fused-ring (bicyclic) bond motifs is 1. The fourth-order valence-electron chi connectivity index (χ4n) is 4.11. The number of hydrogen-bond donors (Lipinski definition) is 1. The van der Waals surface area contributed by atoms with E-state index >= 15 is 0 Å². The minimum Gasteiger partial charge on any atom is -0.490 e. The van der Waals surface area contributed by atoms with Gasteiger partial charge in [-0.15, -0.1) is 10.2 Å². The second-order valence-electron chi connectivity index (χ2n) is 7.82. The number of halogens is 3. The first-order valence-electron chi connectivity index (χ1n) is 10.5. The molecule has 164 valence electrons. The Bertz CT molecular complexity index is 1210. The SMILES string of the molecule is FC(F)(F)c1ccccc1OC1CCN(c2ccc(-c3c[nH]c4ccccc34)nn2)CC1. The van der Waals surface area contributed by atoms with E-state index in [9.17, 15) is 13.2 Å². The van der Waals surface area contributed by atoms with E-state index in [0.29, 0.717) is 25.9 Å². The molecule has 1 saturated heterocycles. The molecule has 0 unspecified atom stereocenters. The van der Waals surface area contributed by atoms with Gasteiger partial charge in [-0.25, -0.2) is 0 Å². The monoisotopic (exact) mass is 438 g/mol. The highest BCUT2D eigenvalue weighted by Gasteiger charge is 2.35. The number of anilines is 1. The normalized spacial score (nSPS) is 15.3. The number of hydrogen-bond acceptors (Lipinski definition) is 4. The lowest BCUT2D eigenvalue weighted by atomic mass is 10.1. The summed E-state index contributed by atoms with van der Waals surface area (Å²) in [5.41, 5.74) is 2.09. The lowest BCUT2D eigenvalue weighted by Crippen LogP contribution is -2.39. The van der Waals surface area contributed by atoms with E-state index in [-0.39, 0.29) is 11.9 Å². The van der Waals surface area contributed by atoms with E-state index < -0.39 is 11.7 Å². The molecule has 32 heavy (non-hydrogen) atoms. The van der Waals surface area contributed by atoms with E-state index in [4.69, 9.17) is 4.74 Å². The highest BCUT2D eigenvalue weighted by molar-refractivity contribution is 5.94. The number of aromatic nitrogens is 3. The maximum atomic E-state index is 13.2. The molecular weight excluding hydrogens is 417 g/mol. The van der Waals surface area contributed by atoms with Crippen molar-refractivity contribution in [2.24, 2.45) is 0 Å². The molecule has 0 radical (unpaired) electrons. The van der Waals surface area contributed by atoms with Crippen molar-refractivity contribution in [2.45, 2.75) is 25.1 Å².